The minimum atomic E-state index is -0.790. The van der Waals surface area contributed by atoms with Crippen molar-refractivity contribution < 1.29 is 14.3 Å². The van der Waals surface area contributed by atoms with Crippen molar-refractivity contribution in [3.63, 3.8) is 0 Å². The van der Waals surface area contributed by atoms with Crippen LogP contribution in [0.15, 0.2) is 60.7 Å². The molecule has 3 aromatic rings. The van der Waals surface area contributed by atoms with Crippen molar-refractivity contribution in [3.05, 3.63) is 75.4 Å². The third-order valence-electron chi connectivity index (χ3n) is 4.33. The number of carbonyl (C=O) groups is 2. The molecule has 0 fully saturated rings. The van der Waals surface area contributed by atoms with Gasteiger partial charge in [-0.2, -0.15) is 0 Å². The standard InChI is InChI=1S/C20H13IO3/c21-14-6-3-5-13(10-14)19(22)17-11-16-15-7-2-1-4-12(15)8-9-18(16)24-20(17)23/h1-10,17H,11H2. The highest BCUT2D eigenvalue weighted by Crippen LogP contribution is 2.35. The van der Waals surface area contributed by atoms with Crippen LogP contribution in [0.3, 0.4) is 0 Å². The zero-order chi connectivity index (χ0) is 16.7. The van der Waals surface area contributed by atoms with Gasteiger partial charge in [-0.05, 0) is 58.0 Å². The van der Waals surface area contributed by atoms with E-state index in [9.17, 15) is 9.59 Å². The van der Waals surface area contributed by atoms with Gasteiger partial charge in [-0.3, -0.25) is 9.59 Å². The Morgan fingerprint density at radius 2 is 1.88 bits per heavy atom. The lowest BCUT2D eigenvalue weighted by Gasteiger charge is -2.24. The van der Waals surface area contributed by atoms with Crippen molar-refractivity contribution >= 4 is 45.1 Å². The molecule has 0 saturated carbocycles. The summed E-state index contributed by atoms with van der Waals surface area (Å²) in [5.74, 6) is -0.884. The Hall–Kier alpha value is -2.21. The maximum absolute atomic E-state index is 12.8. The van der Waals surface area contributed by atoms with Crippen LogP contribution in [0.25, 0.3) is 10.8 Å². The molecule has 1 unspecified atom stereocenters. The summed E-state index contributed by atoms with van der Waals surface area (Å²) in [6.45, 7) is 0. The van der Waals surface area contributed by atoms with Crippen LogP contribution >= 0.6 is 22.6 Å². The molecule has 3 nitrogen and oxygen atoms in total. The highest BCUT2D eigenvalue weighted by Gasteiger charge is 2.35. The van der Waals surface area contributed by atoms with E-state index in [-0.39, 0.29) is 5.78 Å². The highest BCUT2D eigenvalue weighted by atomic mass is 127. The number of carbonyl (C=O) groups excluding carboxylic acids is 2. The zero-order valence-corrected chi connectivity index (χ0v) is 14.8. The molecule has 3 aromatic carbocycles. The van der Waals surface area contributed by atoms with Crippen LogP contribution < -0.4 is 4.74 Å². The second-order valence-electron chi connectivity index (χ2n) is 5.82. The Morgan fingerprint density at radius 1 is 1.04 bits per heavy atom. The van der Waals surface area contributed by atoms with E-state index in [1.54, 1.807) is 12.1 Å². The van der Waals surface area contributed by atoms with Crippen molar-refractivity contribution in [1.82, 2.24) is 0 Å². The minimum Gasteiger partial charge on any atom is -0.426 e. The first-order chi connectivity index (χ1) is 11.6. The largest absolute Gasteiger partial charge is 0.426 e. The zero-order valence-electron chi connectivity index (χ0n) is 12.7. The number of ketones is 1. The lowest BCUT2D eigenvalue weighted by molar-refractivity contribution is -0.138. The van der Waals surface area contributed by atoms with Crippen molar-refractivity contribution in [2.24, 2.45) is 5.92 Å². The molecule has 4 rings (SSSR count). The molecule has 0 N–H and O–H groups in total. The molecule has 0 bridgehead atoms. The second kappa shape index (κ2) is 6.02. The number of ether oxygens (including phenoxy) is 1. The molecular weight excluding hydrogens is 415 g/mol. The van der Waals surface area contributed by atoms with E-state index in [0.717, 1.165) is 19.9 Å². The van der Waals surface area contributed by atoms with Gasteiger partial charge in [0.15, 0.2) is 5.78 Å². The Labute approximate surface area is 152 Å². The van der Waals surface area contributed by atoms with Crippen molar-refractivity contribution in [3.8, 4) is 5.75 Å². The lowest BCUT2D eigenvalue weighted by atomic mass is 9.87. The van der Waals surface area contributed by atoms with E-state index in [4.69, 9.17) is 4.74 Å². The number of hydrogen-bond acceptors (Lipinski definition) is 3. The normalized spacial score (nSPS) is 16.5. The predicted molar refractivity (Wildman–Crippen MR) is 100 cm³/mol. The molecule has 0 aromatic heterocycles. The van der Waals surface area contributed by atoms with Crippen LogP contribution in [0.4, 0.5) is 0 Å². The van der Waals surface area contributed by atoms with Crippen LogP contribution in [0.1, 0.15) is 15.9 Å². The van der Waals surface area contributed by atoms with Gasteiger partial charge in [0, 0.05) is 14.7 Å². The van der Waals surface area contributed by atoms with Gasteiger partial charge in [-0.25, -0.2) is 0 Å². The number of fused-ring (bicyclic) bond motifs is 3. The third kappa shape index (κ3) is 2.60. The van der Waals surface area contributed by atoms with Crippen molar-refractivity contribution in [2.45, 2.75) is 6.42 Å². The summed E-state index contributed by atoms with van der Waals surface area (Å²) < 4.78 is 6.43. The first-order valence-electron chi connectivity index (χ1n) is 7.65. The molecule has 1 aliphatic rings. The van der Waals surface area contributed by atoms with Gasteiger partial charge < -0.3 is 4.74 Å². The molecule has 1 atom stereocenters. The molecule has 0 saturated heterocycles. The SMILES string of the molecule is O=C1Oc2ccc3ccccc3c2CC1C(=O)c1cccc(I)c1. The molecule has 24 heavy (non-hydrogen) atoms. The number of halogens is 1. The van der Waals surface area contributed by atoms with Crippen LogP contribution in [0, 0.1) is 9.49 Å². The minimum absolute atomic E-state index is 0.183. The van der Waals surface area contributed by atoms with E-state index in [0.29, 0.717) is 17.7 Å². The number of benzene rings is 3. The summed E-state index contributed by atoms with van der Waals surface area (Å²) in [5, 5.41) is 2.11. The lowest BCUT2D eigenvalue weighted by Crippen LogP contribution is -2.34. The van der Waals surface area contributed by atoms with Gasteiger partial charge in [0.1, 0.15) is 11.7 Å². The molecule has 0 amide bonds. The number of Topliss-reactive ketones (excluding diaryl/α,β-unsaturated/α-hetero) is 1. The first kappa shape index (κ1) is 15.3. The molecule has 0 spiro atoms. The van der Waals surface area contributed by atoms with E-state index >= 15 is 0 Å². The average Bonchev–Trinajstić information content (AvgIpc) is 2.60. The quantitative estimate of drug-likeness (QED) is 0.200. The molecular formula is C20H13IO3. The summed E-state index contributed by atoms with van der Waals surface area (Å²) in [6.07, 6.45) is 0.375. The summed E-state index contributed by atoms with van der Waals surface area (Å²) in [6, 6.07) is 19.0. The Kier molecular flexibility index (Phi) is 3.84. The molecule has 1 aliphatic heterocycles. The second-order valence-corrected chi connectivity index (χ2v) is 7.06. The van der Waals surface area contributed by atoms with Crippen molar-refractivity contribution in [1.29, 1.82) is 0 Å². The van der Waals surface area contributed by atoms with Gasteiger partial charge in [0.25, 0.3) is 0 Å². The number of hydrogen-bond donors (Lipinski definition) is 0. The van der Waals surface area contributed by atoms with Gasteiger partial charge in [0.05, 0.1) is 0 Å². The van der Waals surface area contributed by atoms with E-state index in [2.05, 4.69) is 22.6 Å². The molecule has 0 radical (unpaired) electrons. The Balaban J connectivity index is 1.77. The van der Waals surface area contributed by atoms with Gasteiger partial charge in [-0.1, -0.05) is 42.5 Å². The first-order valence-corrected chi connectivity index (χ1v) is 8.73. The maximum atomic E-state index is 12.8. The van der Waals surface area contributed by atoms with E-state index < -0.39 is 11.9 Å². The van der Waals surface area contributed by atoms with Gasteiger partial charge in [0.2, 0.25) is 0 Å². The third-order valence-corrected chi connectivity index (χ3v) is 5.00. The smallest absolute Gasteiger partial charge is 0.322 e. The van der Waals surface area contributed by atoms with Gasteiger partial charge >= 0.3 is 5.97 Å². The molecule has 4 heteroatoms. The van der Waals surface area contributed by atoms with Gasteiger partial charge in [-0.15, -0.1) is 0 Å². The van der Waals surface area contributed by atoms with Crippen LogP contribution in [0.2, 0.25) is 0 Å². The Morgan fingerprint density at radius 3 is 2.71 bits per heavy atom. The fourth-order valence-electron chi connectivity index (χ4n) is 3.13. The van der Waals surface area contributed by atoms with Crippen LogP contribution in [0.5, 0.6) is 5.75 Å². The summed E-state index contributed by atoms with van der Waals surface area (Å²) in [7, 11) is 0. The maximum Gasteiger partial charge on any atom is 0.322 e. The highest BCUT2D eigenvalue weighted by molar-refractivity contribution is 14.1. The molecule has 118 valence electrons. The number of esters is 1. The molecule has 1 heterocycles. The summed E-state index contributed by atoms with van der Waals surface area (Å²) >= 11 is 2.16. The fraction of sp³-hybridized carbons (Fsp3) is 0.100. The van der Waals surface area contributed by atoms with Crippen molar-refractivity contribution in [2.75, 3.05) is 0 Å². The fourth-order valence-corrected chi connectivity index (χ4v) is 3.67. The van der Waals surface area contributed by atoms with Crippen LogP contribution in [-0.2, 0) is 11.2 Å². The Bertz CT molecular complexity index is 978. The van der Waals surface area contributed by atoms with E-state index in [1.807, 2.05) is 48.5 Å². The predicted octanol–water partition coefficient (Wildman–Crippen LogP) is 4.41. The topological polar surface area (TPSA) is 43.4 Å². The summed E-state index contributed by atoms with van der Waals surface area (Å²) in [5.41, 5.74) is 1.48. The summed E-state index contributed by atoms with van der Waals surface area (Å²) in [4.78, 5) is 25.2. The number of rotatable bonds is 2. The van der Waals surface area contributed by atoms with Crippen LogP contribution in [-0.4, -0.2) is 11.8 Å². The monoisotopic (exact) mass is 428 g/mol. The van der Waals surface area contributed by atoms with E-state index in [1.165, 1.54) is 0 Å². The molecule has 0 aliphatic carbocycles. The average molecular weight is 428 g/mol.